The zero-order valence-corrected chi connectivity index (χ0v) is 14.1. The summed E-state index contributed by atoms with van der Waals surface area (Å²) in [6.07, 6.45) is 0.837. The second kappa shape index (κ2) is 6.84. The molecule has 6 unspecified atom stereocenters. The molecule has 1 heterocycles. The number of hydrogen-bond acceptors (Lipinski definition) is 7. The lowest BCUT2D eigenvalue weighted by atomic mass is 9.72. The number of ether oxygens (including phenoxy) is 4. The van der Waals surface area contributed by atoms with Gasteiger partial charge in [0.05, 0.1) is 19.3 Å². The van der Waals surface area contributed by atoms with Crippen molar-refractivity contribution in [3.8, 4) is 0 Å². The van der Waals surface area contributed by atoms with Gasteiger partial charge in [0.25, 0.3) is 0 Å². The minimum absolute atomic E-state index is 0.0770. The van der Waals surface area contributed by atoms with Crippen LogP contribution in [0.1, 0.15) is 39.5 Å². The molecule has 0 amide bonds. The average molecular weight is 330 g/mol. The standard InChI is InChI=1S/C16H26O7/c1-10-15(2,21-4)23-12-9-16(19,14(18)20-3)8-11(6-5-7-17)13(12)22-10/h7,10-13,19H,5-6,8-9H2,1-4H3. The number of esters is 1. The van der Waals surface area contributed by atoms with E-state index in [-0.39, 0.29) is 31.0 Å². The van der Waals surface area contributed by atoms with E-state index in [2.05, 4.69) is 0 Å². The summed E-state index contributed by atoms with van der Waals surface area (Å²) >= 11 is 0. The molecule has 0 spiro atoms. The van der Waals surface area contributed by atoms with E-state index in [1.807, 2.05) is 6.92 Å². The first-order valence-corrected chi connectivity index (χ1v) is 7.92. The van der Waals surface area contributed by atoms with Crippen LogP contribution < -0.4 is 0 Å². The van der Waals surface area contributed by atoms with Crippen molar-refractivity contribution >= 4 is 12.3 Å². The van der Waals surface area contributed by atoms with Gasteiger partial charge in [-0.3, -0.25) is 0 Å². The molecule has 0 aromatic carbocycles. The molecule has 7 nitrogen and oxygen atoms in total. The molecule has 0 aromatic heterocycles. The van der Waals surface area contributed by atoms with Gasteiger partial charge in [0.1, 0.15) is 12.4 Å². The van der Waals surface area contributed by atoms with Crippen LogP contribution in [0, 0.1) is 5.92 Å². The van der Waals surface area contributed by atoms with Crippen LogP contribution in [-0.2, 0) is 28.5 Å². The lowest BCUT2D eigenvalue weighted by molar-refractivity contribution is -0.365. The van der Waals surface area contributed by atoms with Crippen LogP contribution in [0.5, 0.6) is 0 Å². The number of aldehydes is 1. The van der Waals surface area contributed by atoms with Crippen LogP contribution in [0.2, 0.25) is 0 Å². The molecular formula is C16H26O7. The topological polar surface area (TPSA) is 91.3 Å². The van der Waals surface area contributed by atoms with Gasteiger partial charge in [0, 0.05) is 20.0 Å². The largest absolute Gasteiger partial charge is 0.467 e. The number of carbonyl (C=O) groups excluding carboxylic acids is 2. The minimum Gasteiger partial charge on any atom is -0.467 e. The number of fused-ring (bicyclic) bond motifs is 1. The van der Waals surface area contributed by atoms with Gasteiger partial charge in [-0.15, -0.1) is 0 Å². The highest BCUT2D eigenvalue weighted by molar-refractivity contribution is 5.79. The molecule has 2 rings (SSSR count). The fraction of sp³-hybridized carbons (Fsp3) is 0.875. The van der Waals surface area contributed by atoms with Gasteiger partial charge in [-0.05, 0) is 32.6 Å². The summed E-state index contributed by atoms with van der Waals surface area (Å²) in [6, 6.07) is 0. The Morgan fingerprint density at radius 2 is 2.09 bits per heavy atom. The molecule has 1 aliphatic heterocycles. The molecule has 1 N–H and O–H groups in total. The van der Waals surface area contributed by atoms with Gasteiger partial charge in [0.15, 0.2) is 11.4 Å². The predicted molar refractivity (Wildman–Crippen MR) is 79.6 cm³/mol. The third kappa shape index (κ3) is 3.42. The monoisotopic (exact) mass is 330 g/mol. The molecule has 1 saturated carbocycles. The van der Waals surface area contributed by atoms with Gasteiger partial charge in [-0.25, -0.2) is 4.79 Å². The number of hydrogen-bond donors (Lipinski definition) is 1. The van der Waals surface area contributed by atoms with Gasteiger partial charge in [-0.2, -0.15) is 0 Å². The summed E-state index contributed by atoms with van der Waals surface area (Å²) in [5.41, 5.74) is -1.64. The van der Waals surface area contributed by atoms with E-state index in [0.717, 1.165) is 6.29 Å². The van der Waals surface area contributed by atoms with Crippen molar-refractivity contribution in [3.63, 3.8) is 0 Å². The van der Waals surface area contributed by atoms with Crippen LogP contribution in [-0.4, -0.2) is 61.3 Å². The Morgan fingerprint density at radius 3 is 2.65 bits per heavy atom. The maximum Gasteiger partial charge on any atom is 0.337 e. The molecule has 1 saturated heterocycles. The normalized spacial score (nSPS) is 43.5. The van der Waals surface area contributed by atoms with Gasteiger partial charge in [0.2, 0.25) is 0 Å². The smallest absolute Gasteiger partial charge is 0.337 e. The van der Waals surface area contributed by atoms with Crippen LogP contribution in [0.25, 0.3) is 0 Å². The van der Waals surface area contributed by atoms with Crippen molar-refractivity contribution < 1.29 is 33.6 Å². The predicted octanol–water partition coefficient (Wildman–Crippen LogP) is 0.815. The van der Waals surface area contributed by atoms with Crippen molar-refractivity contribution in [2.45, 2.75) is 69.2 Å². The Balaban J connectivity index is 2.26. The molecule has 0 bridgehead atoms. The maximum absolute atomic E-state index is 12.0. The van der Waals surface area contributed by atoms with E-state index in [9.17, 15) is 14.7 Å². The highest BCUT2D eigenvalue weighted by Gasteiger charge is 2.56. The second-order valence-corrected chi connectivity index (χ2v) is 6.55. The van der Waals surface area contributed by atoms with E-state index < -0.39 is 23.5 Å². The summed E-state index contributed by atoms with van der Waals surface area (Å²) in [5.74, 6) is -1.81. The third-order valence-corrected chi connectivity index (χ3v) is 5.08. The quantitative estimate of drug-likeness (QED) is 0.589. The van der Waals surface area contributed by atoms with Crippen molar-refractivity contribution in [3.05, 3.63) is 0 Å². The Bertz CT molecular complexity index is 454. The van der Waals surface area contributed by atoms with Crippen molar-refractivity contribution in [2.75, 3.05) is 14.2 Å². The number of methoxy groups -OCH3 is 2. The van der Waals surface area contributed by atoms with Gasteiger partial charge < -0.3 is 28.8 Å². The fourth-order valence-electron chi connectivity index (χ4n) is 3.57. The molecule has 1 aliphatic carbocycles. The minimum atomic E-state index is -1.64. The highest BCUT2D eigenvalue weighted by Crippen LogP contribution is 2.44. The van der Waals surface area contributed by atoms with Crippen molar-refractivity contribution in [1.29, 1.82) is 0 Å². The van der Waals surface area contributed by atoms with E-state index in [4.69, 9.17) is 18.9 Å². The van der Waals surface area contributed by atoms with Crippen LogP contribution >= 0.6 is 0 Å². The molecule has 2 fully saturated rings. The van der Waals surface area contributed by atoms with Crippen LogP contribution in [0.4, 0.5) is 0 Å². The van der Waals surface area contributed by atoms with E-state index in [1.165, 1.54) is 14.2 Å². The lowest BCUT2D eigenvalue weighted by Crippen LogP contribution is -2.64. The highest BCUT2D eigenvalue weighted by atomic mass is 16.7. The van der Waals surface area contributed by atoms with Crippen LogP contribution in [0.3, 0.4) is 0 Å². The van der Waals surface area contributed by atoms with Gasteiger partial charge >= 0.3 is 5.97 Å². The third-order valence-electron chi connectivity index (χ3n) is 5.08. The Hall–Kier alpha value is -1.02. The molecule has 6 atom stereocenters. The first-order valence-electron chi connectivity index (χ1n) is 7.92. The Kier molecular flexibility index (Phi) is 5.45. The van der Waals surface area contributed by atoms with E-state index in [1.54, 1.807) is 6.92 Å². The van der Waals surface area contributed by atoms with Crippen molar-refractivity contribution in [2.24, 2.45) is 5.92 Å². The SMILES string of the molecule is COC(=O)C1(O)CC(CCC=O)C2OC(C)C(C)(OC)OC2C1. The maximum atomic E-state index is 12.0. The summed E-state index contributed by atoms with van der Waals surface area (Å²) in [5, 5.41) is 10.7. The second-order valence-electron chi connectivity index (χ2n) is 6.55. The van der Waals surface area contributed by atoms with Gasteiger partial charge in [-0.1, -0.05) is 0 Å². The zero-order chi connectivity index (χ0) is 17.3. The fourth-order valence-corrected chi connectivity index (χ4v) is 3.57. The average Bonchev–Trinajstić information content (AvgIpc) is 2.53. The van der Waals surface area contributed by atoms with Crippen LogP contribution in [0.15, 0.2) is 0 Å². The molecule has 132 valence electrons. The van der Waals surface area contributed by atoms with E-state index in [0.29, 0.717) is 12.8 Å². The number of carbonyl (C=O) groups is 2. The Labute approximate surface area is 136 Å². The summed E-state index contributed by atoms with van der Waals surface area (Å²) < 4.78 is 22.3. The van der Waals surface area contributed by atoms with Crippen molar-refractivity contribution in [1.82, 2.24) is 0 Å². The first kappa shape index (κ1) is 18.3. The summed E-state index contributed by atoms with van der Waals surface area (Å²) in [4.78, 5) is 22.7. The molecule has 23 heavy (non-hydrogen) atoms. The molecule has 7 heteroatoms. The summed E-state index contributed by atoms with van der Waals surface area (Å²) in [7, 11) is 2.77. The lowest BCUT2D eigenvalue weighted by Gasteiger charge is -2.52. The molecule has 2 aliphatic rings. The summed E-state index contributed by atoms with van der Waals surface area (Å²) in [6.45, 7) is 3.62. The molecule has 0 aromatic rings. The molecule has 0 radical (unpaired) electrons. The Morgan fingerprint density at radius 1 is 1.39 bits per heavy atom. The first-order chi connectivity index (χ1) is 10.8. The number of aliphatic hydroxyl groups is 1. The number of rotatable bonds is 5. The zero-order valence-electron chi connectivity index (χ0n) is 14.1. The van der Waals surface area contributed by atoms with E-state index >= 15 is 0 Å². The molecular weight excluding hydrogens is 304 g/mol.